The van der Waals surface area contributed by atoms with Gasteiger partial charge in [0.2, 0.25) is 11.7 Å². The molecule has 0 amide bonds. The molecule has 0 aliphatic heterocycles. The first kappa shape index (κ1) is 20.2. The maximum Gasteiger partial charge on any atom is 0.202 e. The Labute approximate surface area is 185 Å². The summed E-state index contributed by atoms with van der Waals surface area (Å²) in [6.07, 6.45) is 3.66. The van der Waals surface area contributed by atoms with Gasteiger partial charge in [0.15, 0.2) is 0 Å². The Morgan fingerprint density at radius 1 is 1.22 bits per heavy atom. The summed E-state index contributed by atoms with van der Waals surface area (Å²) in [7, 11) is 0. The van der Waals surface area contributed by atoms with Crippen LogP contribution in [0, 0.1) is 6.07 Å². The van der Waals surface area contributed by atoms with Crippen LogP contribution in [-0.2, 0) is 39.1 Å². The van der Waals surface area contributed by atoms with E-state index in [1.807, 2.05) is 32.0 Å². The summed E-state index contributed by atoms with van der Waals surface area (Å²) >= 11 is 0. The molecule has 1 radical (unpaired) electrons. The van der Waals surface area contributed by atoms with Crippen LogP contribution in [0.4, 0.5) is 0 Å². The average molecular weight is 436 g/mol. The Morgan fingerprint density at radius 3 is 2.81 bits per heavy atom. The van der Waals surface area contributed by atoms with Crippen LogP contribution in [0.15, 0.2) is 40.9 Å². The van der Waals surface area contributed by atoms with Gasteiger partial charge in [0, 0.05) is 44.0 Å². The van der Waals surface area contributed by atoms with Gasteiger partial charge in [-0.2, -0.15) is 17.1 Å². The minimum atomic E-state index is 0. The van der Waals surface area contributed by atoms with Crippen molar-refractivity contribution in [3.8, 4) is 28.6 Å². The Kier molecular flexibility index (Phi) is 6.49. The largest absolute Gasteiger partial charge is 0.517 e. The van der Waals surface area contributed by atoms with Crippen LogP contribution in [-0.4, -0.2) is 16.2 Å². The molecule has 2 aromatic carbocycles. The molecule has 0 unspecified atom stereocenters. The maximum atomic E-state index is 5.63. The van der Waals surface area contributed by atoms with Crippen molar-refractivity contribution in [1.29, 1.82) is 0 Å². The smallest absolute Gasteiger partial charge is 0.202 e. The van der Waals surface area contributed by atoms with Crippen molar-refractivity contribution in [3.05, 3.63) is 53.6 Å². The van der Waals surface area contributed by atoms with E-state index in [2.05, 4.69) is 41.3 Å². The van der Waals surface area contributed by atoms with Crippen molar-refractivity contribution < 1.29 is 42.0 Å². The number of rotatable bonds is 4. The van der Waals surface area contributed by atoms with Crippen LogP contribution in [0.3, 0.4) is 0 Å². The zero-order valence-electron chi connectivity index (χ0n) is 16.0. The number of ether oxygens (including phenoxy) is 1. The Hall–Kier alpha value is -1.52. The fourth-order valence-electron chi connectivity index (χ4n) is 3.62. The first-order valence-electron chi connectivity index (χ1n) is 9.26. The summed E-state index contributed by atoms with van der Waals surface area (Å²) in [6.45, 7) is 6.28. The van der Waals surface area contributed by atoms with Crippen LogP contribution in [0.25, 0.3) is 22.8 Å². The predicted octanol–water partition coefficient (Wildman–Crippen LogP) is 5.43. The zero-order chi connectivity index (χ0) is 18.1. The summed E-state index contributed by atoms with van der Waals surface area (Å²) in [5.41, 5.74) is 4.72. The number of benzene rings is 2. The van der Waals surface area contributed by atoms with Crippen LogP contribution < -0.4 is 4.74 Å². The molecule has 1 aliphatic carbocycles. The van der Waals surface area contributed by atoms with Gasteiger partial charge in [-0.3, -0.25) is 0 Å². The molecular formula is C22H23N2O2Y-. The van der Waals surface area contributed by atoms with Crippen LogP contribution in [0.1, 0.15) is 50.7 Å². The fourth-order valence-corrected chi connectivity index (χ4v) is 3.62. The Morgan fingerprint density at radius 2 is 2.07 bits per heavy atom. The second kappa shape index (κ2) is 8.66. The molecule has 0 N–H and O–H groups in total. The van der Waals surface area contributed by atoms with E-state index in [0.717, 1.165) is 23.3 Å². The molecule has 4 rings (SSSR count). The van der Waals surface area contributed by atoms with E-state index in [4.69, 9.17) is 9.26 Å². The molecule has 0 saturated carbocycles. The van der Waals surface area contributed by atoms with Crippen LogP contribution >= 0.6 is 0 Å². The van der Waals surface area contributed by atoms with Crippen molar-refractivity contribution in [2.24, 2.45) is 0 Å². The predicted molar refractivity (Wildman–Crippen MR) is 101 cm³/mol. The molecule has 3 aromatic rings. The second-order valence-electron chi connectivity index (χ2n) is 7.20. The number of nitrogens with zero attached hydrogens (tertiary/aromatic N) is 2. The molecule has 0 bridgehead atoms. The first-order chi connectivity index (χ1) is 12.6. The molecule has 1 atom stereocenters. The molecule has 4 nitrogen and oxygen atoms in total. The number of hydrogen-bond acceptors (Lipinski definition) is 4. The molecule has 0 fully saturated rings. The van der Waals surface area contributed by atoms with E-state index < -0.39 is 0 Å². The normalized spacial score (nSPS) is 15.9. The van der Waals surface area contributed by atoms with Gasteiger partial charge in [-0.1, -0.05) is 35.8 Å². The van der Waals surface area contributed by atoms with Gasteiger partial charge in [-0.15, -0.1) is 12.1 Å². The second-order valence-corrected chi connectivity index (χ2v) is 7.20. The summed E-state index contributed by atoms with van der Waals surface area (Å²) in [6, 6.07) is 15.2. The fraction of sp³-hybridized carbons (Fsp3) is 0.364. The third-order valence-electron chi connectivity index (χ3n) is 4.87. The van der Waals surface area contributed by atoms with Crippen molar-refractivity contribution in [2.75, 3.05) is 0 Å². The van der Waals surface area contributed by atoms with Gasteiger partial charge in [0.05, 0.1) is 6.10 Å². The summed E-state index contributed by atoms with van der Waals surface area (Å²) in [5.74, 6) is 2.48. The van der Waals surface area contributed by atoms with Crippen molar-refractivity contribution >= 4 is 0 Å². The van der Waals surface area contributed by atoms with Crippen molar-refractivity contribution in [1.82, 2.24) is 10.1 Å². The zero-order valence-corrected chi connectivity index (χ0v) is 18.9. The monoisotopic (exact) mass is 436 g/mol. The minimum absolute atomic E-state index is 0. The topological polar surface area (TPSA) is 48.2 Å². The maximum absolute atomic E-state index is 5.63. The van der Waals surface area contributed by atoms with Crippen molar-refractivity contribution in [3.63, 3.8) is 0 Å². The molecule has 0 saturated heterocycles. The van der Waals surface area contributed by atoms with Crippen LogP contribution in [0.2, 0.25) is 0 Å². The molecule has 137 valence electrons. The SMILES string of the molecule is CC(C)Oc1[c-]cc(-c2nc(-c3cccc4c3CCC[C@@H]4C)no2)cc1.[Y]. The Balaban J connectivity index is 0.00000210. The standard InChI is InChI=1S/C22H23N2O2.Y/c1-14(2)25-17-12-10-16(11-13-17)22-23-21(24-26-22)20-9-5-7-18-15(3)6-4-8-19(18)20;/h5,7,9-12,14-15H,4,6,8H2,1-3H3;/q-1;/t15-;/m0./s1. The summed E-state index contributed by atoms with van der Waals surface area (Å²) < 4.78 is 11.2. The molecular weight excluding hydrogens is 413 g/mol. The van der Waals surface area contributed by atoms with E-state index in [1.165, 1.54) is 24.0 Å². The number of hydrogen-bond donors (Lipinski definition) is 0. The molecule has 1 aliphatic rings. The molecule has 27 heavy (non-hydrogen) atoms. The van der Waals surface area contributed by atoms with E-state index >= 15 is 0 Å². The van der Waals surface area contributed by atoms with Gasteiger partial charge >= 0.3 is 0 Å². The summed E-state index contributed by atoms with van der Waals surface area (Å²) in [5, 5.41) is 4.24. The Bertz CT molecular complexity index is 903. The third-order valence-corrected chi connectivity index (χ3v) is 4.87. The van der Waals surface area contributed by atoms with Crippen molar-refractivity contribution in [2.45, 2.75) is 52.1 Å². The van der Waals surface area contributed by atoms with Crippen LogP contribution in [0.5, 0.6) is 5.75 Å². The van der Waals surface area contributed by atoms with E-state index in [1.54, 1.807) is 0 Å². The van der Waals surface area contributed by atoms with E-state index in [0.29, 0.717) is 17.6 Å². The number of fused-ring (bicyclic) bond motifs is 1. The van der Waals surface area contributed by atoms with Gasteiger partial charge in [-0.25, -0.2) is 0 Å². The molecule has 1 heterocycles. The molecule has 5 heteroatoms. The molecule has 1 aromatic heterocycles. The minimum Gasteiger partial charge on any atom is -0.517 e. The van der Waals surface area contributed by atoms with Gasteiger partial charge < -0.3 is 9.26 Å². The van der Waals surface area contributed by atoms with E-state index in [9.17, 15) is 0 Å². The third kappa shape index (κ3) is 4.33. The van der Waals surface area contributed by atoms with Gasteiger partial charge in [0.1, 0.15) is 0 Å². The van der Waals surface area contributed by atoms with Gasteiger partial charge in [0.25, 0.3) is 0 Å². The van der Waals surface area contributed by atoms with Gasteiger partial charge in [-0.05, 0) is 50.2 Å². The van der Waals surface area contributed by atoms with E-state index in [-0.39, 0.29) is 38.8 Å². The first-order valence-corrected chi connectivity index (χ1v) is 9.26. The average Bonchev–Trinajstić information content (AvgIpc) is 3.12. The molecule has 0 spiro atoms. The number of aromatic nitrogens is 2. The summed E-state index contributed by atoms with van der Waals surface area (Å²) in [4.78, 5) is 4.64. The quantitative estimate of drug-likeness (QED) is 0.512.